The molecular formula is C23H23BrN2O2S. The smallest absolute Gasteiger partial charge is 0.267 e. The Morgan fingerprint density at radius 1 is 1.14 bits per heavy atom. The maximum atomic E-state index is 13.4. The number of ether oxygens (including phenoxy) is 1. The molecule has 0 radical (unpaired) electrons. The molecule has 0 N–H and O–H groups in total. The van der Waals surface area contributed by atoms with Crippen molar-refractivity contribution in [1.29, 1.82) is 0 Å². The SMILES string of the molecule is COc1ccc(Br)cc1/C=C1/SC(=Nc2ccccc2)N(C2CCCCC2)C1=O. The molecule has 6 heteroatoms. The quantitative estimate of drug-likeness (QED) is 0.485. The summed E-state index contributed by atoms with van der Waals surface area (Å²) in [5.41, 5.74) is 1.74. The van der Waals surface area contributed by atoms with Gasteiger partial charge in [-0.15, -0.1) is 0 Å². The summed E-state index contributed by atoms with van der Waals surface area (Å²) in [7, 11) is 1.64. The van der Waals surface area contributed by atoms with E-state index < -0.39 is 0 Å². The van der Waals surface area contributed by atoms with Crippen LogP contribution in [0.25, 0.3) is 6.08 Å². The summed E-state index contributed by atoms with van der Waals surface area (Å²) in [6.45, 7) is 0. The zero-order valence-electron chi connectivity index (χ0n) is 16.3. The van der Waals surface area contributed by atoms with Gasteiger partial charge in [-0.05, 0) is 61.0 Å². The van der Waals surface area contributed by atoms with Gasteiger partial charge in [-0.2, -0.15) is 0 Å². The van der Waals surface area contributed by atoms with Crippen LogP contribution in [-0.2, 0) is 4.79 Å². The highest BCUT2D eigenvalue weighted by molar-refractivity contribution is 9.10. The second-order valence-electron chi connectivity index (χ2n) is 7.19. The number of para-hydroxylation sites is 1. The molecule has 1 aliphatic heterocycles. The Morgan fingerprint density at radius 2 is 1.90 bits per heavy atom. The summed E-state index contributed by atoms with van der Waals surface area (Å²) in [6.07, 6.45) is 7.56. The van der Waals surface area contributed by atoms with Crippen molar-refractivity contribution in [3.8, 4) is 5.75 Å². The third kappa shape index (κ3) is 4.59. The number of nitrogens with zero attached hydrogens (tertiary/aromatic N) is 2. The zero-order chi connectivity index (χ0) is 20.2. The highest BCUT2D eigenvalue weighted by Crippen LogP contribution is 2.39. The van der Waals surface area contributed by atoms with E-state index in [2.05, 4.69) is 15.9 Å². The summed E-state index contributed by atoms with van der Waals surface area (Å²) >= 11 is 4.96. The van der Waals surface area contributed by atoms with E-state index in [0.29, 0.717) is 4.91 Å². The minimum Gasteiger partial charge on any atom is -0.496 e. The zero-order valence-corrected chi connectivity index (χ0v) is 18.7. The molecule has 0 atom stereocenters. The number of amides is 1. The van der Waals surface area contributed by atoms with Gasteiger partial charge in [0.05, 0.1) is 17.7 Å². The molecule has 1 amide bonds. The fraction of sp³-hybridized carbons (Fsp3) is 0.304. The van der Waals surface area contributed by atoms with Gasteiger partial charge in [-0.3, -0.25) is 9.69 Å². The summed E-state index contributed by atoms with van der Waals surface area (Å²) < 4.78 is 6.43. The summed E-state index contributed by atoms with van der Waals surface area (Å²) in [6, 6.07) is 15.9. The number of thioether (sulfide) groups is 1. The summed E-state index contributed by atoms with van der Waals surface area (Å²) in [5.74, 6) is 0.783. The Labute approximate surface area is 184 Å². The number of hydrogen-bond acceptors (Lipinski definition) is 4. The molecule has 1 aliphatic carbocycles. The topological polar surface area (TPSA) is 41.9 Å². The van der Waals surface area contributed by atoms with Crippen LogP contribution >= 0.6 is 27.7 Å². The van der Waals surface area contributed by atoms with E-state index in [0.717, 1.165) is 52.3 Å². The number of halogens is 1. The number of benzene rings is 2. The minimum atomic E-state index is 0.0404. The maximum absolute atomic E-state index is 13.4. The van der Waals surface area contributed by atoms with Gasteiger partial charge in [0, 0.05) is 16.1 Å². The van der Waals surface area contributed by atoms with Gasteiger partial charge in [0.1, 0.15) is 5.75 Å². The van der Waals surface area contributed by atoms with Crippen LogP contribution in [0.4, 0.5) is 5.69 Å². The molecule has 0 bridgehead atoms. The van der Waals surface area contributed by atoms with Crippen molar-refractivity contribution in [1.82, 2.24) is 4.90 Å². The first-order chi connectivity index (χ1) is 14.2. The predicted octanol–water partition coefficient (Wildman–Crippen LogP) is 6.39. The Hall–Kier alpha value is -2.05. The molecular weight excluding hydrogens is 448 g/mol. The summed E-state index contributed by atoms with van der Waals surface area (Å²) in [4.78, 5) is 20.8. The highest BCUT2D eigenvalue weighted by atomic mass is 79.9. The van der Waals surface area contributed by atoms with Crippen molar-refractivity contribution >= 4 is 50.5 Å². The van der Waals surface area contributed by atoms with Crippen molar-refractivity contribution in [3.63, 3.8) is 0 Å². The van der Waals surface area contributed by atoms with Crippen LogP contribution in [0, 0.1) is 0 Å². The number of hydrogen-bond donors (Lipinski definition) is 0. The van der Waals surface area contributed by atoms with Gasteiger partial charge in [0.2, 0.25) is 0 Å². The molecule has 1 saturated heterocycles. The molecule has 0 aromatic heterocycles. The fourth-order valence-electron chi connectivity index (χ4n) is 3.80. The van der Waals surface area contributed by atoms with E-state index in [1.54, 1.807) is 7.11 Å². The second kappa shape index (κ2) is 9.18. The monoisotopic (exact) mass is 470 g/mol. The van der Waals surface area contributed by atoms with Crippen molar-refractivity contribution in [2.24, 2.45) is 4.99 Å². The number of rotatable bonds is 4. The molecule has 0 spiro atoms. The van der Waals surface area contributed by atoms with Gasteiger partial charge in [0.15, 0.2) is 5.17 Å². The maximum Gasteiger partial charge on any atom is 0.267 e. The van der Waals surface area contributed by atoms with E-state index in [9.17, 15) is 4.79 Å². The minimum absolute atomic E-state index is 0.0404. The van der Waals surface area contributed by atoms with Gasteiger partial charge >= 0.3 is 0 Å². The Balaban J connectivity index is 1.73. The van der Waals surface area contributed by atoms with E-state index >= 15 is 0 Å². The largest absolute Gasteiger partial charge is 0.496 e. The summed E-state index contributed by atoms with van der Waals surface area (Å²) in [5, 5.41) is 0.772. The average Bonchev–Trinajstić information content (AvgIpc) is 3.04. The number of carbonyl (C=O) groups is 1. The molecule has 4 nitrogen and oxygen atoms in total. The lowest BCUT2D eigenvalue weighted by Gasteiger charge is -2.30. The second-order valence-corrected chi connectivity index (χ2v) is 9.12. The predicted molar refractivity (Wildman–Crippen MR) is 124 cm³/mol. The van der Waals surface area contributed by atoms with Crippen LogP contribution in [0.15, 0.2) is 62.9 Å². The van der Waals surface area contributed by atoms with Crippen LogP contribution in [0.2, 0.25) is 0 Å². The van der Waals surface area contributed by atoms with Crippen LogP contribution in [0.3, 0.4) is 0 Å². The lowest BCUT2D eigenvalue weighted by Crippen LogP contribution is -2.40. The van der Waals surface area contributed by atoms with E-state index in [4.69, 9.17) is 9.73 Å². The number of methoxy groups -OCH3 is 1. The molecule has 1 heterocycles. The lowest BCUT2D eigenvalue weighted by atomic mass is 9.94. The molecule has 2 aromatic rings. The molecule has 29 heavy (non-hydrogen) atoms. The Bertz CT molecular complexity index is 953. The third-order valence-corrected chi connectivity index (χ3v) is 6.71. The van der Waals surface area contributed by atoms with Crippen LogP contribution < -0.4 is 4.74 Å². The van der Waals surface area contributed by atoms with Gasteiger partial charge < -0.3 is 4.74 Å². The first-order valence-electron chi connectivity index (χ1n) is 9.86. The standard InChI is InChI=1S/C23H23BrN2O2S/c1-28-20-13-12-17(24)14-16(20)15-21-22(27)26(19-10-6-3-7-11-19)23(29-21)25-18-8-4-2-5-9-18/h2,4-5,8-9,12-15,19H,3,6-7,10-11H2,1H3/b21-15+,25-23?. The van der Waals surface area contributed by atoms with Crippen molar-refractivity contribution < 1.29 is 9.53 Å². The van der Waals surface area contributed by atoms with Gasteiger partial charge in [0.25, 0.3) is 5.91 Å². The lowest BCUT2D eigenvalue weighted by molar-refractivity contribution is -0.124. The van der Waals surface area contributed by atoms with Crippen molar-refractivity contribution in [3.05, 3.63) is 63.5 Å². The molecule has 2 aromatic carbocycles. The van der Waals surface area contributed by atoms with Gasteiger partial charge in [-0.25, -0.2) is 4.99 Å². The first kappa shape index (κ1) is 20.2. The molecule has 4 rings (SSSR count). The molecule has 150 valence electrons. The highest BCUT2D eigenvalue weighted by Gasteiger charge is 2.38. The van der Waals surface area contributed by atoms with E-state index in [-0.39, 0.29) is 11.9 Å². The number of aliphatic imine (C=N–C) groups is 1. The molecule has 2 aliphatic rings. The number of amidine groups is 1. The number of carbonyl (C=O) groups excluding carboxylic acids is 1. The molecule has 2 fully saturated rings. The Kier molecular flexibility index (Phi) is 6.40. The molecule has 0 unspecified atom stereocenters. The first-order valence-corrected chi connectivity index (χ1v) is 11.5. The van der Waals surface area contributed by atoms with E-state index in [1.807, 2.05) is 59.5 Å². The van der Waals surface area contributed by atoms with Crippen LogP contribution in [-0.4, -0.2) is 29.1 Å². The van der Waals surface area contributed by atoms with E-state index in [1.165, 1.54) is 18.2 Å². The van der Waals surface area contributed by atoms with Gasteiger partial charge in [-0.1, -0.05) is 53.4 Å². The van der Waals surface area contributed by atoms with Crippen molar-refractivity contribution in [2.45, 2.75) is 38.1 Å². The Morgan fingerprint density at radius 3 is 2.62 bits per heavy atom. The van der Waals surface area contributed by atoms with Crippen LogP contribution in [0.1, 0.15) is 37.7 Å². The normalized spacial score (nSPS) is 20.6. The average molecular weight is 471 g/mol. The fourth-order valence-corrected chi connectivity index (χ4v) is 5.23. The molecule has 1 saturated carbocycles. The third-order valence-electron chi connectivity index (χ3n) is 5.24. The van der Waals surface area contributed by atoms with Crippen molar-refractivity contribution in [2.75, 3.05) is 7.11 Å². The van der Waals surface area contributed by atoms with Crippen LogP contribution in [0.5, 0.6) is 5.75 Å².